The Hall–Kier alpha value is -0.0900. The van der Waals surface area contributed by atoms with Crippen LogP contribution in [0.15, 0.2) is 0 Å². The largest absolute Gasteiger partial charge is 0.317 e. The third-order valence-corrected chi connectivity index (χ3v) is 5.15. The molecule has 0 fully saturated rings. The zero-order chi connectivity index (χ0) is 12.6. The molecular weight excluding hydrogens is 222 g/mol. The minimum Gasteiger partial charge on any atom is -0.317 e. The van der Waals surface area contributed by atoms with Gasteiger partial charge in [-0.1, -0.05) is 20.3 Å². The summed E-state index contributed by atoms with van der Waals surface area (Å²) in [6.45, 7) is 9.64. The molecule has 0 aromatic rings. The Morgan fingerprint density at radius 3 is 2.19 bits per heavy atom. The molecule has 0 aromatic heterocycles. The Balaban J connectivity index is 4.10. The molecule has 4 heteroatoms. The van der Waals surface area contributed by atoms with E-state index in [1.807, 2.05) is 0 Å². The summed E-state index contributed by atoms with van der Waals surface area (Å²) in [6.07, 6.45) is 3.03. The zero-order valence-electron chi connectivity index (χ0n) is 11.1. The molecule has 3 nitrogen and oxygen atoms in total. The molecule has 0 heterocycles. The molecule has 0 aliphatic rings. The van der Waals surface area contributed by atoms with Crippen LogP contribution in [-0.4, -0.2) is 32.5 Å². The normalized spacial score (nSPS) is 14.3. The number of sulfone groups is 1. The molecule has 16 heavy (non-hydrogen) atoms. The van der Waals surface area contributed by atoms with Gasteiger partial charge in [-0.15, -0.1) is 0 Å². The second kappa shape index (κ2) is 8.07. The van der Waals surface area contributed by atoms with E-state index in [9.17, 15) is 8.42 Å². The SMILES string of the molecule is CCCC(CCS(=O)(=O)C(C)C)CNCC. The molecule has 0 saturated carbocycles. The summed E-state index contributed by atoms with van der Waals surface area (Å²) in [5.41, 5.74) is 0. The number of nitrogens with one attached hydrogen (secondary N) is 1. The van der Waals surface area contributed by atoms with Crippen molar-refractivity contribution in [3.8, 4) is 0 Å². The standard InChI is InChI=1S/C12H27NO2S/c1-5-7-12(10-13-6-2)8-9-16(14,15)11(3)4/h11-13H,5-10H2,1-4H3. The Kier molecular flexibility index (Phi) is 8.02. The van der Waals surface area contributed by atoms with Crippen LogP contribution in [0.1, 0.15) is 47.0 Å². The minimum absolute atomic E-state index is 0.242. The first-order valence-electron chi connectivity index (χ1n) is 6.36. The van der Waals surface area contributed by atoms with Crippen LogP contribution in [0.4, 0.5) is 0 Å². The van der Waals surface area contributed by atoms with Crippen LogP contribution >= 0.6 is 0 Å². The van der Waals surface area contributed by atoms with Crippen molar-refractivity contribution in [1.29, 1.82) is 0 Å². The summed E-state index contributed by atoms with van der Waals surface area (Å²) < 4.78 is 23.4. The molecule has 1 atom stereocenters. The fourth-order valence-electron chi connectivity index (χ4n) is 1.67. The molecule has 0 rings (SSSR count). The molecule has 0 aromatic carbocycles. The van der Waals surface area contributed by atoms with Crippen molar-refractivity contribution < 1.29 is 8.42 Å². The van der Waals surface area contributed by atoms with E-state index < -0.39 is 9.84 Å². The van der Waals surface area contributed by atoms with Gasteiger partial charge in [-0.25, -0.2) is 8.42 Å². The second-order valence-corrected chi connectivity index (χ2v) is 7.34. The lowest BCUT2D eigenvalue weighted by atomic mass is 10.0. The maximum absolute atomic E-state index is 11.7. The van der Waals surface area contributed by atoms with E-state index in [4.69, 9.17) is 0 Å². The van der Waals surface area contributed by atoms with Crippen molar-refractivity contribution in [2.24, 2.45) is 5.92 Å². The second-order valence-electron chi connectivity index (χ2n) is 4.67. The average molecular weight is 249 g/mol. The number of rotatable bonds is 9. The van der Waals surface area contributed by atoms with Gasteiger partial charge in [0.25, 0.3) is 0 Å². The zero-order valence-corrected chi connectivity index (χ0v) is 11.9. The lowest BCUT2D eigenvalue weighted by Crippen LogP contribution is -2.26. The third kappa shape index (κ3) is 6.48. The van der Waals surface area contributed by atoms with E-state index in [0.717, 1.165) is 32.4 Å². The van der Waals surface area contributed by atoms with Gasteiger partial charge in [0, 0.05) is 0 Å². The fourth-order valence-corrected chi connectivity index (χ4v) is 2.81. The Morgan fingerprint density at radius 1 is 1.12 bits per heavy atom. The van der Waals surface area contributed by atoms with Gasteiger partial charge >= 0.3 is 0 Å². The molecule has 1 unspecified atom stereocenters. The van der Waals surface area contributed by atoms with Gasteiger partial charge in [0.05, 0.1) is 11.0 Å². The lowest BCUT2D eigenvalue weighted by Gasteiger charge is -2.17. The van der Waals surface area contributed by atoms with E-state index in [1.54, 1.807) is 13.8 Å². The number of hydrogen-bond donors (Lipinski definition) is 1. The first-order chi connectivity index (χ1) is 7.44. The Bertz CT molecular complexity index is 260. The van der Waals surface area contributed by atoms with E-state index in [2.05, 4.69) is 19.2 Å². The monoisotopic (exact) mass is 249 g/mol. The fraction of sp³-hybridized carbons (Fsp3) is 1.00. The maximum Gasteiger partial charge on any atom is 0.152 e. The van der Waals surface area contributed by atoms with Crippen LogP contribution in [0, 0.1) is 5.92 Å². The van der Waals surface area contributed by atoms with Gasteiger partial charge in [0.15, 0.2) is 9.84 Å². The van der Waals surface area contributed by atoms with Crippen LogP contribution in [0.5, 0.6) is 0 Å². The first-order valence-corrected chi connectivity index (χ1v) is 8.07. The lowest BCUT2D eigenvalue weighted by molar-refractivity contribution is 0.433. The van der Waals surface area contributed by atoms with Gasteiger partial charge in [-0.3, -0.25) is 0 Å². The van der Waals surface area contributed by atoms with E-state index in [-0.39, 0.29) is 5.25 Å². The van der Waals surface area contributed by atoms with Gasteiger partial charge in [0.1, 0.15) is 0 Å². The molecule has 0 saturated heterocycles. The predicted molar refractivity (Wildman–Crippen MR) is 70.5 cm³/mol. The van der Waals surface area contributed by atoms with Gasteiger partial charge < -0.3 is 5.32 Å². The maximum atomic E-state index is 11.7. The highest BCUT2D eigenvalue weighted by Gasteiger charge is 2.18. The Labute approximate surface area is 101 Å². The van der Waals surface area contributed by atoms with Crippen LogP contribution in [0.2, 0.25) is 0 Å². The molecule has 0 bridgehead atoms. The third-order valence-electron chi connectivity index (χ3n) is 2.91. The van der Waals surface area contributed by atoms with Crippen molar-refractivity contribution in [2.45, 2.75) is 52.2 Å². The molecule has 0 radical (unpaired) electrons. The van der Waals surface area contributed by atoms with Crippen molar-refractivity contribution in [3.63, 3.8) is 0 Å². The molecule has 0 aliphatic heterocycles. The quantitative estimate of drug-likeness (QED) is 0.681. The molecule has 0 spiro atoms. The van der Waals surface area contributed by atoms with Gasteiger partial charge in [-0.05, 0) is 45.7 Å². The average Bonchev–Trinajstić information content (AvgIpc) is 2.22. The summed E-state index contributed by atoms with van der Waals surface area (Å²) in [5, 5.41) is 3.06. The van der Waals surface area contributed by atoms with E-state index in [0.29, 0.717) is 11.7 Å². The molecule has 1 N–H and O–H groups in total. The topological polar surface area (TPSA) is 46.2 Å². The number of hydrogen-bond acceptors (Lipinski definition) is 3. The molecule has 0 aliphatic carbocycles. The molecule has 98 valence electrons. The smallest absolute Gasteiger partial charge is 0.152 e. The summed E-state index contributed by atoms with van der Waals surface area (Å²) in [6, 6.07) is 0. The minimum atomic E-state index is -2.86. The van der Waals surface area contributed by atoms with Gasteiger partial charge in [-0.2, -0.15) is 0 Å². The van der Waals surface area contributed by atoms with Crippen LogP contribution in [0.25, 0.3) is 0 Å². The van der Waals surface area contributed by atoms with Crippen molar-refractivity contribution >= 4 is 9.84 Å². The Morgan fingerprint density at radius 2 is 1.75 bits per heavy atom. The van der Waals surface area contributed by atoms with Crippen LogP contribution in [0.3, 0.4) is 0 Å². The van der Waals surface area contributed by atoms with Crippen molar-refractivity contribution in [1.82, 2.24) is 5.32 Å². The predicted octanol–water partition coefficient (Wildman–Crippen LogP) is 2.23. The van der Waals surface area contributed by atoms with E-state index in [1.165, 1.54) is 0 Å². The van der Waals surface area contributed by atoms with Crippen LogP contribution in [-0.2, 0) is 9.84 Å². The first kappa shape index (κ1) is 15.9. The van der Waals surface area contributed by atoms with E-state index >= 15 is 0 Å². The summed E-state index contributed by atoms with van der Waals surface area (Å²) in [4.78, 5) is 0. The van der Waals surface area contributed by atoms with Crippen LogP contribution < -0.4 is 5.32 Å². The highest BCUT2D eigenvalue weighted by Crippen LogP contribution is 2.13. The highest BCUT2D eigenvalue weighted by molar-refractivity contribution is 7.91. The summed E-state index contributed by atoms with van der Waals surface area (Å²) in [7, 11) is -2.86. The highest BCUT2D eigenvalue weighted by atomic mass is 32.2. The summed E-state index contributed by atoms with van der Waals surface area (Å²) in [5.74, 6) is 0.833. The van der Waals surface area contributed by atoms with Crippen molar-refractivity contribution in [3.05, 3.63) is 0 Å². The van der Waals surface area contributed by atoms with Crippen molar-refractivity contribution in [2.75, 3.05) is 18.8 Å². The summed E-state index contributed by atoms with van der Waals surface area (Å²) >= 11 is 0. The molecular formula is C12H27NO2S. The van der Waals surface area contributed by atoms with Gasteiger partial charge in [0.2, 0.25) is 0 Å². The molecule has 0 amide bonds.